The zero-order chi connectivity index (χ0) is 11.0. The van der Waals surface area contributed by atoms with Crippen molar-refractivity contribution in [3.05, 3.63) is 32.0 Å². The van der Waals surface area contributed by atoms with Gasteiger partial charge in [0.1, 0.15) is 9.39 Å². The number of nitrogens with one attached hydrogen (secondary N) is 1. The number of H-pyrrole nitrogens is 1. The first-order chi connectivity index (χ1) is 7.09. The fraction of sp³-hybridized carbons (Fsp3) is 0.125. The molecule has 7 heteroatoms. The molecule has 2 rings (SSSR count). The van der Waals surface area contributed by atoms with Crippen LogP contribution in [0.3, 0.4) is 0 Å². The van der Waals surface area contributed by atoms with Gasteiger partial charge in [-0.2, -0.15) is 0 Å². The highest BCUT2D eigenvalue weighted by molar-refractivity contribution is 14.1. The summed E-state index contributed by atoms with van der Waals surface area (Å²) in [6.45, 7) is 1.85. The summed E-state index contributed by atoms with van der Waals surface area (Å²) in [7, 11) is 0. The molecule has 0 radical (unpaired) electrons. The Hall–Kier alpha value is -1.38. The number of hydrogen-bond donors (Lipinski definition) is 2. The van der Waals surface area contributed by atoms with Crippen molar-refractivity contribution in [2.75, 3.05) is 5.73 Å². The van der Waals surface area contributed by atoms with Crippen molar-refractivity contribution in [1.29, 1.82) is 0 Å². The molecule has 0 amide bonds. The van der Waals surface area contributed by atoms with Crippen molar-refractivity contribution < 1.29 is 0 Å². The molecule has 0 aliphatic rings. The fourth-order valence-corrected chi connectivity index (χ4v) is 1.66. The molecule has 0 unspecified atom stereocenters. The second-order valence-electron chi connectivity index (χ2n) is 3.01. The van der Waals surface area contributed by atoms with Crippen molar-refractivity contribution in [1.82, 2.24) is 19.7 Å². The third-order valence-corrected chi connectivity index (χ3v) is 2.90. The molecule has 0 aliphatic heterocycles. The minimum atomic E-state index is -0.188. The summed E-state index contributed by atoms with van der Waals surface area (Å²) in [6, 6.07) is 0. The summed E-state index contributed by atoms with van der Waals surface area (Å²) in [4.78, 5) is 17.9. The molecule has 15 heavy (non-hydrogen) atoms. The van der Waals surface area contributed by atoms with Crippen molar-refractivity contribution in [2.45, 2.75) is 6.92 Å². The predicted molar refractivity (Wildman–Crippen MR) is 63.8 cm³/mol. The van der Waals surface area contributed by atoms with Gasteiger partial charge in [-0.1, -0.05) is 0 Å². The molecular formula is C8H8IN5O. The van der Waals surface area contributed by atoms with Gasteiger partial charge in [0, 0.05) is 11.8 Å². The van der Waals surface area contributed by atoms with E-state index in [-0.39, 0.29) is 5.56 Å². The van der Waals surface area contributed by atoms with Crippen LogP contribution in [0.15, 0.2) is 17.3 Å². The number of aryl methyl sites for hydroxylation is 1. The molecule has 3 N–H and O–H groups in total. The van der Waals surface area contributed by atoms with Gasteiger partial charge in [0.05, 0.1) is 6.33 Å². The van der Waals surface area contributed by atoms with Crippen LogP contribution >= 0.6 is 22.6 Å². The van der Waals surface area contributed by atoms with Gasteiger partial charge in [0.25, 0.3) is 5.56 Å². The van der Waals surface area contributed by atoms with Crippen LogP contribution < -0.4 is 11.3 Å². The topological polar surface area (TPSA) is 89.6 Å². The Morgan fingerprint density at radius 1 is 1.60 bits per heavy atom. The molecule has 2 aromatic heterocycles. The van der Waals surface area contributed by atoms with Gasteiger partial charge >= 0.3 is 0 Å². The SMILES string of the molecule is Cc1cn(-c2nc[nH]c(=O)c2I)nc1N. The lowest BCUT2D eigenvalue weighted by Crippen LogP contribution is -2.15. The molecule has 0 saturated heterocycles. The highest BCUT2D eigenvalue weighted by Gasteiger charge is 2.09. The minimum absolute atomic E-state index is 0.188. The van der Waals surface area contributed by atoms with E-state index in [4.69, 9.17) is 5.73 Å². The third kappa shape index (κ3) is 1.74. The molecule has 6 nitrogen and oxygen atoms in total. The lowest BCUT2D eigenvalue weighted by molar-refractivity contribution is 0.831. The Morgan fingerprint density at radius 3 is 2.93 bits per heavy atom. The highest BCUT2D eigenvalue weighted by atomic mass is 127. The largest absolute Gasteiger partial charge is 0.382 e. The summed E-state index contributed by atoms with van der Waals surface area (Å²) in [5, 5.41) is 4.06. The number of aromatic nitrogens is 4. The van der Waals surface area contributed by atoms with Crippen LogP contribution in [0.2, 0.25) is 0 Å². The average Bonchev–Trinajstić information content (AvgIpc) is 2.51. The van der Waals surface area contributed by atoms with Gasteiger partial charge < -0.3 is 10.7 Å². The second-order valence-corrected chi connectivity index (χ2v) is 4.09. The van der Waals surface area contributed by atoms with Crippen molar-refractivity contribution >= 4 is 28.4 Å². The lowest BCUT2D eigenvalue weighted by Gasteiger charge is -2.00. The zero-order valence-corrected chi connectivity index (χ0v) is 10.0. The van der Waals surface area contributed by atoms with Crippen molar-refractivity contribution in [2.24, 2.45) is 0 Å². The molecule has 0 fully saturated rings. The monoisotopic (exact) mass is 317 g/mol. The standard InChI is InChI=1S/C8H8IN5O/c1-4-2-14(13-6(4)10)7-5(9)8(15)12-3-11-7/h2-3H,1H3,(H2,10,13)(H,11,12,15). The van der Waals surface area contributed by atoms with E-state index in [1.165, 1.54) is 11.0 Å². The van der Waals surface area contributed by atoms with Crippen LogP contribution in [0.1, 0.15) is 5.56 Å². The van der Waals surface area contributed by atoms with Gasteiger partial charge in [-0.3, -0.25) is 4.79 Å². The van der Waals surface area contributed by atoms with E-state index >= 15 is 0 Å². The number of halogens is 1. The normalized spacial score (nSPS) is 10.5. The Bertz CT molecular complexity index is 539. The zero-order valence-electron chi connectivity index (χ0n) is 7.86. The second kappa shape index (κ2) is 3.65. The quantitative estimate of drug-likeness (QED) is 0.748. The van der Waals surface area contributed by atoms with E-state index in [1.54, 1.807) is 6.20 Å². The van der Waals surface area contributed by atoms with Crippen LogP contribution in [0.25, 0.3) is 5.82 Å². The van der Waals surface area contributed by atoms with Gasteiger partial charge in [-0.05, 0) is 29.5 Å². The van der Waals surface area contributed by atoms with Crippen LogP contribution in [-0.4, -0.2) is 19.7 Å². The molecule has 0 saturated carbocycles. The van der Waals surface area contributed by atoms with Gasteiger partial charge in [-0.25, -0.2) is 9.67 Å². The summed E-state index contributed by atoms with van der Waals surface area (Å²) in [6.07, 6.45) is 3.08. The smallest absolute Gasteiger partial charge is 0.266 e. The molecule has 0 atom stereocenters. The number of aromatic amines is 1. The van der Waals surface area contributed by atoms with E-state index in [0.717, 1.165) is 5.56 Å². The van der Waals surface area contributed by atoms with Gasteiger partial charge in [-0.15, -0.1) is 5.10 Å². The molecule has 0 spiro atoms. The third-order valence-electron chi connectivity index (χ3n) is 1.93. The summed E-state index contributed by atoms with van der Waals surface area (Å²) < 4.78 is 1.99. The molecular weight excluding hydrogens is 309 g/mol. The minimum Gasteiger partial charge on any atom is -0.382 e. The Morgan fingerprint density at radius 2 is 2.33 bits per heavy atom. The molecule has 2 heterocycles. The molecule has 0 aliphatic carbocycles. The van der Waals surface area contributed by atoms with E-state index in [9.17, 15) is 4.79 Å². The molecule has 0 aromatic carbocycles. The Labute approximate surface area is 98.7 Å². The first-order valence-corrected chi connectivity index (χ1v) is 5.23. The lowest BCUT2D eigenvalue weighted by atomic mass is 10.4. The number of nitrogens with two attached hydrogens (primary N) is 1. The predicted octanol–water partition coefficient (Wildman–Crippen LogP) is 0.451. The maximum atomic E-state index is 11.3. The van der Waals surface area contributed by atoms with Crippen LogP contribution in [0.4, 0.5) is 5.82 Å². The highest BCUT2D eigenvalue weighted by Crippen LogP contribution is 2.13. The first-order valence-electron chi connectivity index (χ1n) is 4.15. The molecule has 0 bridgehead atoms. The molecule has 2 aromatic rings. The van der Waals surface area contributed by atoms with E-state index in [1.807, 2.05) is 29.5 Å². The van der Waals surface area contributed by atoms with Crippen molar-refractivity contribution in [3.63, 3.8) is 0 Å². The number of nitrogens with zero attached hydrogens (tertiary/aromatic N) is 3. The Balaban J connectivity index is 2.64. The van der Waals surface area contributed by atoms with E-state index in [2.05, 4.69) is 15.1 Å². The number of anilines is 1. The van der Waals surface area contributed by atoms with E-state index in [0.29, 0.717) is 15.2 Å². The molecule has 78 valence electrons. The average molecular weight is 317 g/mol. The summed E-state index contributed by atoms with van der Waals surface area (Å²) in [5.74, 6) is 0.923. The first kappa shape index (κ1) is 10.1. The number of rotatable bonds is 1. The van der Waals surface area contributed by atoms with Gasteiger partial charge in [0.15, 0.2) is 5.82 Å². The number of hydrogen-bond acceptors (Lipinski definition) is 4. The van der Waals surface area contributed by atoms with Crippen LogP contribution in [-0.2, 0) is 0 Å². The summed E-state index contributed by atoms with van der Waals surface area (Å²) >= 11 is 1.92. The van der Waals surface area contributed by atoms with Crippen molar-refractivity contribution in [3.8, 4) is 5.82 Å². The Kier molecular flexibility index (Phi) is 2.47. The maximum Gasteiger partial charge on any atom is 0.266 e. The number of nitrogen functional groups attached to an aromatic ring is 1. The summed E-state index contributed by atoms with van der Waals surface area (Å²) in [5.41, 5.74) is 6.28. The maximum absolute atomic E-state index is 11.3. The fourth-order valence-electron chi connectivity index (χ4n) is 1.12. The van der Waals surface area contributed by atoms with E-state index < -0.39 is 0 Å². The van der Waals surface area contributed by atoms with Gasteiger partial charge in [0.2, 0.25) is 0 Å². The van der Waals surface area contributed by atoms with Crippen LogP contribution in [0.5, 0.6) is 0 Å². The van der Waals surface area contributed by atoms with Crippen LogP contribution in [0, 0.1) is 10.5 Å².